The van der Waals surface area contributed by atoms with Crippen LogP contribution >= 0.6 is 0 Å². The highest BCUT2D eigenvalue weighted by atomic mass is 16.5. The maximum absolute atomic E-state index is 12.9. The molecule has 0 saturated carbocycles. The van der Waals surface area contributed by atoms with Crippen molar-refractivity contribution in [3.63, 3.8) is 0 Å². The number of benzene rings is 1. The highest BCUT2D eigenvalue weighted by molar-refractivity contribution is 5.83. The van der Waals surface area contributed by atoms with Gasteiger partial charge < -0.3 is 14.5 Å². The summed E-state index contributed by atoms with van der Waals surface area (Å²) in [4.78, 5) is 16.6. The van der Waals surface area contributed by atoms with Crippen LogP contribution in [0, 0.1) is 0 Å². The summed E-state index contributed by atoms with van der Waals surface area (Å²) in [5, 5.41) is 8.52. The molecule has 1 aromatic carbocycles. The zero-order chi connectivity index (χ0) is 16.7. The third-order valence-electron chi connectivity index (χ3n) is 4.62. The smallest absolute Gasteiger partial charge is 0.264 e. The Morgan fingerprint density at radius 1 is 1.25 bits per heavy atom. The first-order valence-corrected chi connectivity index (χ1v) is 8.18. The van der Waals surface area contributed by atoms with Gasteiger partial charge in [0, 0.05) is 40.0 Å². The van der Waals surface area contributed by atoms with E-state index in [4.69, 9.17) is 4.74 Å². The van der Waals surface area contributed by atoms with Crippen molar-refractivity contribution in [1.29, 1.82) is 0 Å². The number of rotatable bonds is 2. The predicted octanol–water partition coefficient (Wildman–Crippen LogP) is 1.43. The van der Waals surface area contributed by atoms with Crippen molar-refractivity contribution in [3.05, 3.63) is 47.2 Å². The van der Waals surface area contributed by atoms with Gasteiger partial charge in [-0.1, -0.05) is 18.2 Å². The first kappa shape index (κ1) is 14.9. The van der Waals surface area contributed by atoms with Crippen molar-refractivity contribution >= 4 is 11.7 Å². The highest BCUT2D eigenvalue weighted by Crippen LogP contribution is 2.30. The van der Waals surface area contributed by atoms with Crippen LogP contribution in [-0.4, -0.2) is 47.7 Å². The van der Waals surface area contributed by atoms with E-state index in [1.54, 1.807) is 0 Å². The van der Waals surface area contributed by atoms with Crippen molar-refractivity contribution in [1.82, 2.24) is 15.1 Å². The normalized spacial score (nSPS) is 18.6. The Morgan fingerprint density at radius 3 is 2.88 bits per heavy atom. The van der Waals surface area contributed by atoms with Gasteiger partial charge in [-0.05, 0) is 23.3 Å². The van der Waals surface area contributed by atoms with E-state index in [0.717, 1.165) is 34.8 Å². The van der Waals surface area contributed by atoms with E-state index < -0.39 is 6.10 Å². The number of carbonyl (C=O) groups excluding carboxylic acids is 1. The Hall–Kier alpha value is -2.63. The van der Waals surface area contributed by atoms with Crippen LogP contribution in [0.3, 0.4) is 0 Å². The first-order valence-electron chi connectivity index (χ1n) is 8.18. The van der Waals surface area contributed by atoms with Gasteiger partial charge in [-0.25, -0.2) is 0 Å². The summed E-state index contributed by atoms with van der Waals surface area (Å²) in [5.74, 6) is 1.70. The average molecular weight is 324 g/mol. The molecule has 0 radical (unpaired) electrons. The number of nitrogens with zero attached hydrogens (tertiary/aromatic N) is 4. The molecule has 24 heavy (non-hydrogen) atoms. The number of fused-ring (bicyclic) bond motifs is 2. The molecule has 0 fully saturated rings. The van der Waals surface area contributed by atoms with Crippen molar-refractivity contribution < 1.29 is 9.53 Å². The molecule has 1 aromatic heterocycles. The molecule has 6 nitrogen and oxygen atoms in total. The number of hydrogen-bond acceptors (Lipinski definition) is 5. The molecule has 0 unspecified atom stereocenters. The Bertz CT molecular complexity index is 765. The summed E-state index contributed by atoms with van der Waals surface area (Å²) in [5.41, 5.74) is 3.16. The number of para-hydroxylation sites is 1. The lowest BCUT2D eigenvalue weighted by molar-refractivity contribution is -0.138. The van der Waals surface area contributed by atoms with E-state index >= 15 is 0 Å². The lowest BCUT2D eigenvalue weighted by Crippen LogP contribution is -2.44. The largest absolute Gasteiger partial charge is 0.480 e. The number of hydrogen-bond donors (Lipinski definition) is 0. The van der Waals surface area contributed by atoms with Gasteiger partial charge >= 0.3 is 0 Å². The molecule has 2 aliphatic rings. The monoisotopic (exact) mass is 324 g/mol. The maximum Gasteiger partial charge on any atom is 0.264 e. The van der Waals surface area contributed by atoms with E-state index in [1.807, 2.05) is 54.2 Å². The highest BCUT2D eigenvalue weighted by Gasteiger charge is 2.34. The number of anilines is 1. The fraction of sp³-hybridized carbons (Fsp3) is 0.389. The van der Waals surface area contributed by atoms with E-state index in [2.05, 4.69) is 10.2 Å². The van der Waals surface area contributed by atoms with Crippen LogP contribution in [0.2, 0.25) is 0 Å². The summed E-state index contributed by atoms with van der Waals surface area (Å²) in [6.07, 6.45) is 0.976. The number of aromatic nitrogens is 2. The molecule has 2 aromatic rings. The quantitative estimate of drug-likeness (QED) is 0.836. The Morgan fingerprint density at radius 2 is 2.08 bits per heavy atom. The fourth-order valence-electron chi connectivity index (χ4n) is 3.25. The molecule has 1 atom stereocenters. The van der Waals surface area contributed by atoms with Crippen molar-refractivity contribution in [2.75, 3.05) is 25.5 Å². The standard InChI is InChI=1S/C18H20N4O2/c1-21(2)17-10-13-11-22(8-7-14(13)19-20-17)18(23)16-9-12-5-3-4-6-15(12)24-16/h3-6,10,16H,7-9,11H2,1-2H3/t16-/m0/s1. The third kappa shape index (κ3) is 2.58. The molecule has 4 rings (SSSR count). The molecular weight excluding hydrogens is 304 g/mol. The zero-order valence-electron chi connectivity index (χ0n) is 13.9. The Labute approximate surface area is 141 Å². The van der Waals surface area contributed by atoms with Gasteiger partial charge in [-0.15, -0.1) is 5.10 Å². The summed E-state index contributed by atoms with van der Waals surface area (Å²) in [6.45, 7) is 1.23. The summed E-state index contributed by atoms with van der Waals surface area (Å²) in [7, 11) is 3.87. The molecule has 0 bridgehead atoms. The van der Waals surface area contributed by atoms with Gasteiger partial charge in [0.2, 0.25) is 0 Å². The van der Waals surface area contributed by atoms with Gasteiger partial charge in [0.1, 0.15) is 5.75 Å². The fourth-order valence-corrected chi connectivity index (χ4v) is 3.25. The van der Waals surface area contributed by atoms with Crippen molar-refractivity contribution in [2.24, 2.45) is 0 Å². The number of ether oxygens (including phenoxy) is 1. The van der Waals surface area contributed by atoms with Crippen LogP contribution in [-0.2, 0) is 24.2 Å². The molecule has 0 saturated heterocycles. The van der Waals surface area contributed by atoms with E-state index in [9.17, 15) is 4.79 Å². The second-order valence-corrected chi connectivity index (χ2v) is 6.50. The van der Waals surface area contributed by atoms with Crippen LogP contribution in [0.4, 0.5) is 5.82 Å². The second-order valence-electron chi connectivity index (χ2n) is 6.50. The average Bonchev–Trinajstić information content (AvgIpc) is 3.04. The maximum atomic E-state index is 12.9. The van der Waals surface area contributed by atoms with Crippen LogP contribution in [0.1, 0.15) is 16.8 Å². The lowest BCUT2D eigenvalue weighted by Gasteiger charge is -2.30. The van der Waals surface area contributed by atoms with Crippen LogP contribution in [0.25, 0.3) is 0 Å². The lowest BCUT2D eigenvalue weighted by atomic mass is 10.0. The van der Waals surface area contributed by atoms with Gasteiger partial charge in [0.05, 0.1) is 5.69 Å². The minimum atomic E-state index is -0.410. The molecule has 6 heteroatoms. The Kier molecular flexibility index (Phi) is 3.59. The topological polar surface area (TPSA) is 58.6 Å². The van der Waals surface area contributed by atoms with Crippen molar-refractivity contribution in [3.8, 4) is 5.75 Å². The molecule has 2 aliphatic heterocycles. The van der Waals surface area contributed by atoms with E-state index in [-0.39, 0.29) is 5.91 Å². The molecule has 124 valence electrons. The molecule has 1 amide bonds. The second kappa shape index (κ2) is 5.78. The van der Waals surface area contributed by atoms with Crippen LogP contribution in [0.15, 0.2) is 30.3 Å². The van der Waals surface area contributed by atoms with Gasteiger partial charge in [0.25, 0.3) is 5.91 Å². The molecule has 0 aliphatic carbocycles. The van der Waals surface area contributed by atoms with Crippen LogP contribution in [0.5, 0.6) is 5.75 Å². The SMILES string of the molecule is CN(C)c1cc2c(nn1)CCN(C(=O)[C@@H]1Cc3ccccc3O1)C2. The van der Waals surface area contributed by atoms with E-state index in [0.29, 0.717) is 19.5 Å². The predicted molar refractivity (Wildman–Crippen MR) is 90.0 cm³/mol. The van der Waals surface area contributed by atoms with Crippen LogP contribution < -0.4 is 9.64 Å². The molecule has 3 heterocycles. The van der Waals surface area contributed by atoms with Gasteiger partial charge in [-0.2, -0.15) is 5.10 Å². The van der Waals surface area contributed by atoms with Gasteiger partial charge in [-0.3, -0.25) is 4.79 Å². The third-order valence-corrected chi connectivity index (χ3v) is 4.62. The number of carbonyl (C=O) groups is 1. The molecular formula is C18H20N4O2. The molecule has 0 N–H and O–H groups in total. The number of amides is 1. The Balaban J connectivity index is 1.50. The van der Waals surface area contributed by atoms with Crippen molar-refractivity contribution in [2.45, 2.75) is 25.5 Å². The van der Waals surface area contributed by atoms with Gasteiger partial charge in [0.15, 0.2) is 11.9 Å². The summed E-state index contributed by atoms with van der Waals surface area (Å²) in [6, 6.07) is 9.88. The zero-order valence-corrected chi connectivity index (χ0v) is 13.9. The first-order chi connectivity index (χ1) is 11.6. The molecule has 0 spiro atoms. The summed E-state index contributed by atoms with van der Waals surface area (Å²) >= 11 is 0. The van der Waals surface area contributed by atoms with E-state index in [1.165, 1.54) is 0 Å². The minimum Gasteiger partial charge on any atom is -0.480 e. The minimum absolute atomic E-state index is 0.0556. The summed E-state index contributed by atoms with van der Waals surface area (Å²) < 4.78 is 5.84.